The van der Waals surface area contributed by atoms with Crippen molar-refractivity contribution in [3.8, 4) is 0 Å². The number of hydrogen-bond acceptors (Lipinski definition) is 4. The zero-order valence-electron chi connectivity index (χ0n) is 14.4. The minimum atomic E-state index is -0.571. The van der Waals surface area contributed by atoms with Gasteiger partial charge in [0.15, 0.2) is 6.61 Å². The molecular weight excluding hydrogens is 352 g/mol. The summed E-state index contributed by atoms with van der Waals surface area (Å²) in [4.78, 5) is 28.4. The Balaban J connectivity index is 1.65. The number of anilines is 1. The van der Waals surface area contributed by atoms with Crippen LogP contribution in [0.25, 0.3) is 10.9 Å². The van der Waals surface area contributed by atoms with E-state index in [4.69, 9.17) is 16.3 Å². The average Bonchev–Trinajstić information content (AvgIpc) is 2.62. The Morgan fingerprint density at radius 3 is 2.54 bits per heavy atom. The van der Waals surface area contributed by atoms with Gasteiger partial charge in [-0.1, -0.05) is 29.8 Å². The van der Waals surface area contributed by atoms with Gasteiger partial charge in [-0.3, -0.25) is 4.79 Å². The van der Waals surface area contributed by atoms with Crippen LogP contribution in [0.4, 0.5) is 5.69 Å². The minimum absolute atomic E-state index is 0.349. The Hall–Kier alpha value is -2.92. The number of pyridine rings is 1. The fourth-order valence-electron chi connectivity index (χ4n) is 2.63. The van der Waals surface area contributed by atoms with Gasteiger partial charge in [0.1, 0.15) is 5.15 Å². The van der Waals surface area contributed by atoms with E-state index in [2.05, 4.69) is 10.3 Å². The number of hydrogen-bond donors (Lipinski definition) is 1. The molecule has 0 unspecified atom stereocenters. The van der Waals surface area contributed by atoms with Crippen LogP contribution in [0.2, 0.25) is 5.15 Å². The molecule has 0 bridgehead atoms. The Labute approximate surface area is 156 Å². The molecule has 3 rings (SSSR count). The lowest BCUT2D eigenvalue weighted by Crippen LogP contribution is -2.21. The van der Waals surface area contributed by atoms with Gasteiger partial charge in [-0.05, 0) is 55.3 Å². The van der Waals surface area contributed by atoms with Crippen LogP contribution < -0.4 is 5.32 Å². The molecule has 2 aromatic carbocycles. The van der Waals surface area contributed by atoms with Crippen molar-refractivity contribution in [3.63, 3.8) is 0 Å². The maximum Gasteiger partial charge on any atom is 0.338 e. The lowest BCUT2D eigenvalue weighted by atomic mass is 10.1. The highest BCUT2D eigenvalue weighted by Gasteiger charge is 2.13. The van der Waals surface area contributed by atoms with Crippen LogP contribution in [-0.2, 0) is 9.53 Å². The first-order valence-corrected chi connectivity index (χ1v) is 8.41. The summed E-state index contributed by atoms with van der Waals surface area (Å²) < 4.78 is 5.12. The quantitative estimate of drug-likeness (QED) is 0.550. The molecule has 0 spiro atoms. The molecule has 1 N–H and O–H groups in total. The summed E-state index contributed by atoms with van der Waals surface area (Å²) in [6.07, 6.45) is 0. The van der Waals surface area contributed by atoms with Gasteiger partial charge in [-0.25, -0.2) is 9.78 Å². The van der Waals surface area contributed by atoms with E-state index in [9.17, 15) is 9.59 Å². The molecule has 0 radical (unpaired) electrons. The van der Waals surface area contributed by atoms with Crippen molar-refractivity contribution < 1.29 is 14.3 Å². The van der Waals surface area contributed by atoms with Crippen molar-refractivity contribution in [1.82, 2.24) is 4.98 Å². The second-order valence-corrected chi connectivity index (χ2v) is 6.32. The molecule has 0 aliphatic heterocycles. The Bertz CT molecular complexity index is 981. The molecule has 3 aromatic rings. The van der Waals surface area contributed by atoms with Crippen molar-refractivity contribution in [3.05, 3.63) is 70.4 Å². The van der Waals surface area contributed by atoms with E-state index in [0.29, 0.717) is 16.2 Å². The number of amides is 1. The van der Waals surface area contributed by atoms with E-state index < -0.39 is 5.97 Å². The van der Waals surface area contributed by atoms with E-state index in [1.165, 1.54) is 0 Å². The van der Waals surface area contributed by atoms with Crippen LogP contribution in [-0.4, -0.2) is 23.5 Å². The number of aryl methyl sites for hydroxylation is 2. The Kier molecular flexibility index (Phi) is 5.19. The van der Waals surface area contributed by atoms with Crippen molar-refractivity contribution in [2.75, 3.05) is 11.9 Å². The van der Waals surface area contributed by atoms with Gasteiger partial charge in [0.25, 0.3) is 5.91 Å². The second kappa shape index (κ2) is 7.54. The number of esters is 1. The summed E-state index contributed by atoms with van der Waals surface area (Å²) in [6.45, 7) is 3.46. The highest BCUT2D eigenvalue weighted by molar-refractivity contribution is 6.29. The summed E-state index contributed by atoms with van der Waals surface area (Å²) >= 11 is 5.85. The van der Waals surface area contributed by atoms with Gasteiger partial charge in [-0.15, -0.1) is 0 Å². The number of ether oxygens (including phenoxy) is 1. The maximum absolute atomic E-state index is 12.2. The number of fused-ring (bicyclic) bond motifs is 1. The number of benzene rings is 2. The van der Waals surface area contributed by atoms with Crippen LogP contribution in [0.1, 0.15) is 21.5 Å². The highest BCUT2D eigenvalue weighted by Crippen LogP contribution is 2.20. The first-order chi connectivity index (χ1) is 12.4. The molecule has 0 aliphatic carbocycles. The molecule has 0 fully saturated rings. The second-order valence-electron chi connectivity index (χ2n) is 5.93. The number of para-hydroxylation sites is 1. The van der Waals surface area contributed by atoms with Crippen molar-refractivity contribution >= 4 is 40.1 Å². The molecule has 26 heavy (non-hydrogen) atoms. The van der Waals surface area contributed by atoms with Crippen molar-refractivity contribution in [2.45, 2.75) is 13.8 Å². The summed E-state index contributed by atoms with van der Waals surface area (Å²) in [5, 5.41) is 3.93. The summed E-state index contributed by atoms with van der Waals surface area (Å²) in [5.74, 6) is -0.955. The predicted octanol–water partition coefficient (Wildman–Crippen LogP) is 4.30. The number of aromatic nitrogens is 1. The average molecular weight is 369 g/mol. The van der Waals surface area contributed by atoms with Crippen molar-refractivity contribution in [2.24, 2.45) is 0 Å². The third-order valence-electron chi connectivity index (χ3n) is 3.97. The van der Waals surface area contributed by atoms with Gasteiger partial charge < -0.3 is 10.1 Å². The van der Waals surface area contributed by atoms with Gasteiger partial charge >= 0.3 is 5.97 Å². The fourth-order valence-corrected chi connectivity index (χ4v) is 2.78. The van der Waals surface area contributed by atoms with Crippen molar-refractivity contribution in [1.29, 1.82) is 0 Å². The molecule has 0 atom stereocenters. The molecule has 0 aliphatic rings. The zero-order valence-corrected chi connectivity index (χ0v) is 15.1. The number of carbonyl (C=O) groups excluding carboxylic acids is 2. The summed E-state index contributed by atoms with van der Waals surface area (Å²) in [6, 6.07) is 14.1. The first-order valence-electron chi connectivity index (χ1n) is 8.03. The van der Waals surface area contributed by atoms with Gasteiger partial charge in [0, 0.05) is 11.1 Å². The molecule has 5 nitrogen and oxygen atoms in total. The van der Waals surface area contributed by atoms with E-state index in [-0.39, 0.29) is 12.5 Å². The van der Waals surface area contributed by atoms with E-state index in [0.717, 1.165) is 22.2 Å². The standard InChI is InChI=1S/C20H17ClN2O3/c1-12-4-3-5-13(2)19(12)23-18(24)11-26-20(25)15-6-8-16-14(10-15)7-9-17(21)22-16/h3-10H,11H2,1-2H3,(H,23,24). The van der Waals surface area contributed by atoms with Crippen LogP contribution in [0, 0.1) is 13.8 Å². The topological polar surface area (TPSA) is 68.3 Å². The molecule has 1 amide bonds. The third-order valence-corrected chi connectivity index (χ3v) is 4.18. The van der Waals surface area contributed by atoms with Gasteiger partial charge in [-0.2, -0.15) is 0 Å². The van der Waals surface area contributed by atoms with Crippen LogP contribution in [0.3, 0.4) is 0 Å². The van der Waals surface area contributed by atoms with E-state index in [1.807, 2.05) is 32.0 Å². The van der Waals surface area contributed by atoms with Crippen LogP contribution in [0.5, 0.6) is 0 Å². The van der Waals surface area contributed by atoms with Crippen LogP contribution >= 0.6 is 11.6 Å². The molecule has 6 heteroatoms. The monoisotopic (exact) mass is 368 g/mol. The lowest BCUT2D eigenvalue weighted by molar-refractivity contribution is -0.119. The lowest BCUT2D eigenvalue weighted by Gasteiger charge is -2.11. The molecule has 1 heterocycles. The third kappa shape index (κ3) is 4.00. The minimum Gasteiger partial charge on any atom is -0.452 e. The molecule has 0 saturated carbocycles. The summed E-state index contributed by atoms with van der Waals surface area (Å²) in [7, 11) is 0. The Morgan fingerprint density at radius 1 is 1.08 bits per heavy atom. The number of halogens is 1. The first kappa shape index (κ1) is 17.9. The fraction of sp³-hybridized carbons (Fsp3) is 0.150. The summed E-state index contributed by atoms with van der Waals surface area (Å²) in [5.41, 5.74) is 3.67. The SMILES string of the molecule is Cc1cccc(C)c1NC(=O)COC(=O)c1ccc2nc(Cl)ccc2c1. The molecule has 132 valence electrons. The number of nitrogens with zero attached hydrogens (tertiary/aromatic N) is 1. The normalized spacial score (nSPS) is 10.6. The highest BCUT2D eigenvalue weighted by atomic mass is 35.5. The Morgan fingerprint density at radius 2 is 1.81 bits per heavy atom. The van der Waals surface area contributed by atoms with E-state index in [1.54, 1.807) is 30.3 Å². The van der Waals surface area contributed by atoms with Crippen LogP contribution in [0.15, 0.2) is 48.5 Å². The van der Waals surface area contributed by atoms with Gasteiger partial charge in [0.2, 0.25) is 0 Å². The number of carbonyl (C=O) groups is 2. The van der Waals surface area contributed by atoms with Gasteiger partial charge in [0.05, 0.1) is 11.1 Å². The largest absolute Gasteiger partial charge is 0.452 e. The van der Waals surface area contributed by atoms with E-state index >= 15 is 0 Å². The number of nitrogens with one attached hydrogen (secondary N) is 1. The zero-order chi connectivity index (χ0) is 18.7. The number of rotatable bonds is 4. The molecule has 1 aromatic heterocycles. The smallest absolute Gasteiger partial charge is 0.338 e. The molecular formula is C20H17ClN2O3. The maximum atomic E-state index is 12.2. The predicted molar refractivity (Wildman–Crippen MR) is 102 cm³/mol. The molecule has 0 saturated heterocycles.